The van der Waals surface area contributed by atoms with E-state index in [0.717, 1.165) is 16.0 Å². The van der Waals surface area contributed by atoms with Crippen LogP contribution in [0.25, 0.3) is 33.8 Å². The van der Waals surface area contributed by atoms with E-state index in [1.165, 1.54) is 36.6 Å². The van der Waals surface area contributed by atoms with Gasteiger partial charge in [-0.15, -0.1) is 0 Å². The maximum atomic E-state index is 13.2. The van der Waals surface area contributed by atoms with Gasteiger partial charge in [0, 0.05) is 35.4 Å². The van der Waals surface area contributed by atoms with E-state index in [2.05, 4.69) is 10.6 Å². The van der Waals surface area contributed by atoms with Crippen molar-refractivity contribution < 1.29 is 33.3 Å². The summed E-state index contributed by atoms with van der Waals surface area (Å²) in [6.07, 6.45) is 1.58. The number of piperidine rings is 1. The Kier molecular flexibility index (Phi) is 7.40. The van der Waals surface area contributed by atoms with Crippen molar-refractivity contribution in [3.05, 3.63) is 124 Å². The SMILES string of the molecule is O=C1CCC(N2C(=O)c3ccc(NC(=O)c4ccc(-c5cc(-c6ccc([N+](=O)[O-])cc6)nc(-c6ccco6)c5)cc4)cc3C2=O)C(=O)N1. The van der Waals surface area contributed by atoms with Crippen molar-refractivity contribution in [3.63, 3.8) is 0 Å². The minimum absolute atomic E-state index is 0.0111. The number of nitrogens with one attached hydrogen (secondary N) is 2. The van der Waals surface area contributed by atoms with Gasteiger partial charge >= 0.3 is 0 Å². The van der Waals surface area contributed by atoms with Gasteiger partial charge in [0.1, 0.15) is 11.7 Å². The summed E-state index contributed by atoms with van der Waals surface area (Å²) in [7, 11) is 0. The number of anilines is 1. The third-order valence-corrected chi connectivity index (χ3v) is 8.15. The Hall–Kier alpha value is -6.76. The zero-order valence-electron chi connectivity index (χ0n) is 24.8. The Balaban J connectivity index is 1.11. The predicted octanol–water partition coefficient (Wildman–Crippen LogP) is 5.24. The minimum Gasteiger partial charge on any atom is -0.463 e. The minimum atomic E-state index is -1.09. The molecule has 0 saturated carbocycles. The summed E-state index contributed by atoms with van der Waals surface area (Å²) in [5.41, 5.74) is 4.02. The van der Waals surface area contributed by atoms with Crippen LogP contribution in [0.2, 0.25) is 0 Å². The number of hydrogen-bond acceptors (Lipinski definition) is 9. The van der Waals surface area contributed by atoms with Crippen molar-refractivity contribution in [2.75, 3.05) is 5.32 Å². The summed E-state index contributed by atoms with van der Waals surface area (Å²) in [5.74, 6) is -2.41. The number of imide groups is 2. The first-order valence-corrected chi connectivity index (χ1v) is 14.7. The van der Waals surface area contributed by atoms with Gasteiger partial charge < -0.3 is 9.73 Å². The molecule has 1 fully saturated rings. The van der Waals surface area contributed by atoms with Gasteiger partial charge in [-0.3, -0.25) is 44.3 Å². The van der Waals surface area contributed by atoms with Gasteiger partial charge in [-0.05, 0) is 84.3 Å². The fourth-order valence-corrected chi connectivity index (χ4v) is 5.72. The molecule has 2 aliphatic heterocycles. The molecule has 3 aromatic carbocycles. The van der Waals surface area contributed by atoms with E-state index >= 15 is 0 Å². The number of carbonyl (C=O) groups is 5. The molecule has 2 aromatic heterocycles. The lowest BCUT2D eigenvalue weighted by Crippen LogP contribution is -2.54. The lowest BCUT2D eigenvalue weighted by molar-refractivity contribution is -0.384. The lowest BCUT2D eigenvalue weighted by Gasteiger charge is -2.27. The van der Waals surface area contributed by atoms with Crippen LogP contribution in [0.3, 0.4) is 0 Å². The predicted molar refractivity (Wildman–Crippen MR) is 171 cm³/mol. The molecule has 236 valence electrons. The highest BCUT2D eigenvalue weighted by molar-refractivity contribution is 6.24. The Morgan fingerprint density at radius 1 is 0.854 bits per heavy atom. The van der Waals surface area contributed by atoms with Crippen LogP contribution in [0.15, 0.2) is 102 Å². The number of carbonyl (C=O) groups excluding carboxylic acids is 5. The second kappa shape index (κ2) is 11.9. The molecule has 2 aliphatic rings. The molecule has 5 amide bonds. The van der Waals surface area contributed by atoms with E-state index < -0.39 is 40.5 Å². The van der Waals surface area contributed by atoms with E-state index in [-0.39, 0.29) is 35.3 Å². The average molecular weight is 642 g/mol. The molecule has 5 aromatic rings. The monoisotopic (exact) mass is 641 g/mol. The number of rotatable bonds is 7. The molecule has 48 heavy (non-hydrogen) atoms. The number of aromatic nitrogens is 1. The van der Waals surface area contributed by atoms with Crippen LogP contribution < -0.4 is 10.6 Å². The summed E-state index contributed by atoms with van der Waals surface area (Å²) in [5, 5.41) is 16.0. The standard InChI is InChI=1S/C35H23N5O8/c41-31-14-13-29(33(43)38-31)39-34(44)25-12-9-23(18-26(25)35(39)45)36-32(42)21-5-3-19(4-6-21)22-16-27(20-7-10-24(11-8-20)40(46)47)37-28(17-22)30-2-1-15-48-30/h1-12,15-18,29H,13-14H2,(H,36,42)(H,38,41,43). The maximum Gasteiger partial charge on any atom is 0.269 e. The summed E-state index contributed by atoms with van der Waals surface area (Å²) < 4.78 is 5.57. The number of furan rings is 1. The Labute approximate surface area is 271 Å². The summed E-state index contributed by atoms with van der Waals surface area (Å²) >= 11 is 0. The second-order valence-corrected chi connectivity index (χ2v) is 11.1. The summed E-state index contributed by atoms with van der Waals surface area (Å²) in [6, 6.07) is 23.3. The molecule has 13 nitrogen and oxygen atoms in total. The number of nitro benzene ring substituents is 1. The van der Waals surface area contributed by atoms with Crippen LogP contribution in [-0.2, 0) is 9.59 Å². The second-order valence-electron chi connectivity index (χ2n) is 11.1. The average Bonchev–Trinajstić information content (AvgIpc) is 3.72. The van der Waals surface area contributed by atoms with Crippen molar-refractivity contribution in [1.29, 1.82) is 0 Å². The molecule has 0 aliphatic carbocycles. The molecular formula is C35H23N5O8. The molecule has 0 radical (unpaired) electrons. The topological polar surface area (TPSA) is 182 Å². The number of nitro groups is 1. The number of pyridine rings is 1. The van der Waals surface area contributed by atoms with Crippen molar-refractivity contribution in [2.24, 2.45) is 0 Å². The maximum absolute atomic E-state index is 13.2. The molecular weight excluding hydrogens is 618 g/mol. The highest BCUT2D eigenvalue weighted by Crippen LogP contribution is 2.32. The largest absolute Gasteiger partial charge is 0.463 e. The zero-order valence-corrected chi connectivity index (χ0v) is 24.8. The highest BCUT2D eigenvalue weighted by atomic mass is 16.6. The van der Waals surface area contributed by atoms with E-state index in [1.54, 1.807) is 48.5 Å². The van der Waals surface area contributed by atoms with Crippen molar-refractivity contribution in [2.45, 2.75) is 18.9 Å². The number of fused-ring (bicyclic) bond motifs is 1. The van der Waals surface area contributed by atoms with Gasteiger partial charge in [0.2, 0.25) is 11.8 Å². The molecule has 7 rings (SSSR count). The van der Waals surface area contributed by atoms with Crippen LogP contribution in [0, 0.1) is 10.1 Å². The first-order chi connectivity index (χ1) is 23.2. The lowest BCUT2D eigenvalue weighted by atomic mass is 10.00. The van der Waals surface area contributed by atoms with E-state index in [0.29, 0.717) is 28.3 Å². The number of hydrogen-bond donors (Lipinski definition) is 2. The number of non-ortho nitro benzene ring substituents is 1. The molecule has 0 spiro atoms. The van der Waals surface area contributed by atoms with E-state index in [1.807, 2.05) is 12.1 Å². The molecule has 2 N–H and O–H groups in total. The third-order valence-electron chi connectivity index (χ3n) is 8.15. The Morgan fingerprint density at radius 2 is 1.56 bits per heavy atom. The van der Waals surface area contributed by atoms with Gasteiger partial charge in [0.25, 0.3) is 23.4 Å². The molecule has 1 saturated heterocycles. The van der Waals surface area contributed by atoms with Crippen molar-refractivity contribution in [3.8, 4) is 33.8 Å². The van der Waals surface area contributed by atoms with Gasteiger partial charge in [-0.25, -0.2) is 4.98 Å². The summed E-state index contributed by atoms with van der Waals surface area (Å²) in [4.78, 5) is 79.4. The van der Waals surface area contributed by atoms with Crippen molar-refractivity contribution in [1.82, 2.24) is 15.2 Å². The third kappa shape index (κ3) is 5.49. The fraction of sp³-hybridized carbons (Fsp3) is 0.0857. The number of nitrogens with zero attached hydrogens (tertiary/aromatic N) is 3. The normalized spacial score (nSPS) is 15.7. The zero-order chi connectivity index (χ0) is 33.5. The Morgan fingerprint density at radius 3 is 2.25 bits per heavy atom. The van der Waals surface area contributed by atoms with Crippen LogP contribution in [0.4, 0.5) is 11.4 Å². The number of benzene rings is 3. The molecule has 1 atom stereocenters. The van der Waals surface area contributed by atoms with Crippen LogP contribution in [0.5, 0.6) is 0 Å². The molecule has 1 unspecified atom stereocenters. The van der Waals surface area contributed by atoms with Gasteiger partial charge in [-0.2, -0.15) is 0 Å². The van der Waals surface area contributed by atoms with Gasteiger partial charge in [-0.1, -0.05) is 12.1 Å². The Bertz CT molecular complexity index is 2160. The first-order valence-electron chi connectivity index (χ1n) is 14.7. The van der Waals surface area contributed by atoms with Crippen LogP contribution in [0.1, 0.15) is 43.9 Å². The quantitative estimate of drug-likeness (QED) is 0.136. The van der Waals surface area contributed by atoms with Crippen LogP contribution in [-0.4, -0.2) is 50.4 Å². The number of amides is 5. The van der Waals surface area contributed by atoms with Crippen LogP contribution >= 0.6 is 0 Å². The molecule has 13 heteroatoms. The van der Waals surface area contributed by atoms with Gasteiger partial charge in [0.15, 0.2) is 5.76 Å². The smallest absolute Gasteiger partial charge is 0.269 e. The summed E-state index contributed by atoms with van der Waals surface area (Å²) in [6.45, 7) is 0. The van der Waals surface area contributed by atoms with E-state index in [9.17, 15) is 34.1 Å². The molecule has 0 bridgehead atoms. The van der Waals surface area contributed by atoms with Crippen molar-refractivity contribution >= 4 is 40.9 Å². The van der Waals surface area contributed by atoms with E-state index in [4.69, 9.17) is 9.40 Å². The first kappa shape index (κ1) is 29.9. The molecule has 4 heterocycles. The fourth-order valence-electron chi connectivity index (χ4n) is 5.72. The highest BCUT2D eigenvalue weighted by Gasteiger charge is 2.44. The van der Waals surface area contributed by atoms with Gasteiger partial charge in [0.05, 0.1) is 28.0 Å².